The predicted octanol–water partition coefficient (Wildman–Crippen LogP) is -3.52. The lowest BCUT2D eigenvalue weighted by Gasteiger charge is -2.26. The summed E-state index contributed by atoms with van der Waals surface area (Å²) in [6.45, 7) is -0.554. The van der Waals surface area contributed by atoms with Gasteiger partial charge in [0, 0.05) is 31.1 Å². The maximum Gasteiger partial charge on any atom is 0.488 e. The van der Waals surface area contributed by atoms with E-state index in [9.17, 15) is 28.4 Å². The van der Waals surface area contributed by atoms with E-state index in [1.807, 2.05) is 0 Å². The van der Waals surface area contributed by atoms with Crippen molar-refractivity contribution < 1.29 is 28.4 Å². The van der Waals surface area contributed by atoms with Crippen LogP contribution in [0.4, 0.5) is 0 Å². The third-order valence-electron chi connectivity index (χ3n) is 4.94. The van der Waals surface area contributed by atoms with Crippen LogP contribution in [-0.2, 0) is 15.0 Å². The first kappa shape index (κ1) is 19.2. The van der Waals surface area contributed by atoms with E-state index in [0.29, 0.717) is 12.0 Å². The summed E-state index contributed by atoms with van der Waals surface area (Å²) in [6, 6.07) is 5.40. The molecule has 2 fully saturated rings. The molecule has 10 nitrogen and oxygen atoms in total. The minimum absolute atomic E-state index is 0.148. The van der Waals surface area contributed by atoms with Crippen molar-refractivity contribution in [1.29, 1.82) is 0 Å². The molecule has 0 bridgehead atoms. The fourth-order valence-corrected chi connectivity index (χ4v) is 4.72. The predicted molar refractivity (Wildman–Crippen MR) is 93.6 cm³/mol. The van der Waals surface area contributed by atoms with Gasteiger partial charge in [0.25, 0.3) is 10.2 Å². The average Bonchev–Trinajstić information content (AvgIpc) is 3.09. The van der Waals surface area contributed by atoms with Gasteiger partial charge in [-0.05, 0) is 17.4 Å². The van der Waals surface area contributed by atoms with Crippen LogP contribution in [0.2, 0.25) is 0 Å². The molecule has 1 aliphatic heterocycles. The number of hydrogen-bond donors (Lipinski definition) is 6. The van der Waals surface area contributed by atoms with Gasteiger partial charge in [-0.3, -0.25) is 4.79 Å². The number of aliphatic carboxylic acids is 1. The third-order valence-corrected chi connectivity index (χ3v) is 6.49. The Morgan fingerprint density at radius 3 is 2.58 bits per heavy atom. The Balaban J connectivity index is 1.91. The molecule has 8 N–H and O–H groups in total. The molecule has 1 saturated carbocycles. The van der Waals surface area contributed by atoms with Crippen molar-refractivity contribution in [3.63, 3.8) is 0 Å². The topological polar surface area (TPSA) is 179 Å². The van der Waals surface area contributed by atoms with E-state index in [4.69, 9.17) is 11.5 Å². The molecule has 0 spiro atoms. The first-order valence-electron chi connectivity index (χ1n) is 8.06. The summed E-state index contributed by atoms with van der Waals surface area (Å²) in [5.41, 5.74) is 10.4. The van der Waals surface area contributed by atoms with Gasteiger partial charge in [-0.25, -0.2) is 0 Å². The van der Waals surface area contributed by atoms with Crippen molar-refractivity contribution in [3.8, 4) is 0 Å². The number of carbonyl (C=O) groups is 1. The van der Waals surface area contributed by atoms with E-state index >= 15 is 0 Å². The highest BCUT2D eigenvalue weighted by molar-refractivity contribution is 7.87. The van der Waals surface area contributed by atoms with Crippen LogP contribution in [0.25, 0.3) is 0 Å². The van der Waals surface area contributed by atoms with E-state index in [0.717, 1.165) is 4.31 Å². The van der Waals surface area contributed by atoms with Crippen LogP contribution in [-0.4, -0.2) is 71.7 Å². The van der Waals surface area contributed by atoms with Gasteiger partial charge < -0.3 is 26.6 Å². The Kier molecular flexibility index (Phi) is 4.86. The Morgan fingerprint density at radius 1 is 1.38 bits per heavy atom. The molecule has 1 aromatic rings. The van der Waals surface area contributed by atoms with Crippen LogP contribution in [0.15, 0.2) is 24.3 Å². The summed E-state index contributed by atoms with van der Waals surface area (Å²) < 4.78 is 28.5. The smallest absolute Gasteiger partial charge is 0.480 e. The summed E-state index contributed by atoms with van der Waals surface area (Å²) in [5, 5.41) is 28.3. The van der Waals surface area contributed by atoms with Gasteiger partial charge in [0.2, 0.25) is 0 Å². The Bertz CT molecular complexity index is 821. The van der Waals surface area contributed by atoms with Crippen molar-refractivity contribution >= 4 is 28.8 Å². The SMILES string of the molecule is NC1CC1NS(=O)(=O)N1C[C@H](c2cccc(B(O)O)c2)[C@](N)(C(=O)O)C1. The quantitative estimate of drug-likeness (QED) is 0.273. The minimum atomic E-state index is -3.94. The highest BCUT2D eigenvalue weighted by Gasteiger charge is 2.54. The molecule has 0 radical (unpaired) electrons. The molecule has 1 heterocycles. The highest BCUT2D eigenvalue weighted by atomic mass is 32.2. The number of carboxylic acid groups (broad SMARTS) is 1. The van der Waals surface area contributed by atoms with Gasteiger partial charge >= 0.3 is 13.1 Å². The minimum Gasteiger partial charge on any atom is -0.480 e. The van der Waals surface area contributed by atoms with Crippen LogP contribution >= 0.6 is 0 Å². The van der Waals surface area contributed by atoms with Gasteiger partial charge in [-0.15, -0.1) is 0 Å². The Morgan fingerprint density at radius 2 is 2.04 bits per heavy atom. The number of hydrogen-bond acceptors (Lipinski definition) is 7. The number of benzene rings is 1. The lowest BCUT2D eigenvalue weighted by atomic mass is 9.76. The second-order valence-corrected chi connectivity index (χ2v) is 8.57. The zero-order valence-corrected chi connectivity index (χ0v) is 14.6. The van der Waals surface area contributed by atoms with E-state index in [2.05, 4.69) is 4.72 Å². The molecular formula is C14H21BN4O6S. The fraction of sp³-hybridized carbons (Fsp3) is 0.500. The molecule has 2 unspecified atom stereocenters. The summed E-state index contributed by atoms with van der Waals surface area (Å²) in [6.07, 6.45) is 0.527. The largest absolute Gasteiger partial charge is 0.488 e. The average molecular weight is 384 g/mol. The molecule has 0 amide bonds. The highest BCUT2D eigenvalue weighted by Crippen LogP contribution is 2.36. The summed E-state index contributed by atoms with van der Waals surface area (Å²) in [4.78, 5) is 11.8. The van der Waals surface area contributed by atoms with Gasteiger partial charge in [0.15, 0.2) is 0 Å². The first-order valence-corrected chi connectivity index (χ1v) is 9.50. The molecule has 142 valence electrons. The molecule has 12 heteroatoms. The van der Waals surface area contributed by atoms with Gasteiger partial charge in [0.1, 0.15) is 5.54 Å². The zero-order chi connectivity index (χ0) is 19.3. The van der Waals surface area contributed by atoms with Crippen molar-refractivity contribution in [2.75, 3.05) is 13.1 Å². The number of nitrogens with two attached hydrogens (primary N) is 2. The molecule has 2 aliphatic rings. The molecule has 1 aliphatic carbocycles. The second kappa shape index (κ2) is 6.57. The zero-order valence-electron chi connectivity index (χ0n) is 13.8. The van der Waals surface area contributed by atoms with Gasteiger partial charge in [-0.1, -0.05) is 24.3 Å². The second-order valence-electron chi connectivity index (χ2n) is 6.86. The number of carboxylic acids is 1. The molecule has 3 rings (SSSR count). The van der Waals surface area contributed by atoms with E-state index in [1.165, 1.54) is 18.2 Å². The summed E-state index contributed by atoms with van der Waals surface area (Å²) >= 11 is 0. The van der Waals surface area contributed by atoms with Gasteiger partial charge in [0.05, 0.1) is 0 Å². The summed E-state index contributed by atoms with van der Waals surface area (Å²) in [5.74, 6) is -2.19. The monoisotopic (exact) mass is 384 g/mol. The van der Waals surface area contributed by atoms with E-state index in [1.54, 1.807) is 6.07 Å². The van der Waals surface area contributed by atoms with Crippen molar-refractivity contribution in [1.82, 2.24) is 9.03 Å². The molecule has 0 aromatic heterocycles. The first-order chi connectivity index (χ1) is 12.0. The van der Waals surface area contributed by atoms with Crippen LogP contribution in [0.5, 0.6) is 0 Å². The molecule has 4 atom stereocenters. The maximum absolute atomic E-state index is 12.5. The van der Waals surface area contributed by atoms with Crippen LogP contribution in [0, 0.1) is 0 Å². The normalized spacial score (nSPS) is 31.8. The molecule has 1 saturated heterocycles. The molecular weight excluding hydrogens is 363 g/mol. The standard InChI is InChI=1S/C14H21BN4O6S/c16-11-5-12(11)18-26(24,25)19-6-10(14(17,7-19)13(20)21)8-2-1-3-9(4-8)15(22)23/h1-4,10-12,18,22-23H,5-7,16-17H2,(H,20,21)/t10-,11?,12?,14+/m1/s1. The van der Waals surface area contributed by atoms with Crippen molar-refractivity contribution in [2.45, 2.75) is 30.0 Å². The van der Waals surface area contributed by atoms with E-state index in [-0.39, 0.29) is 24.1 Å². The number of rotatable bonds is 6. The number of nitrogens with one attached hydrogen (secondary N) is 1. The summed E-state index contributed by atoms with van der Waals surface area (Å²) in [7, 11) is -5.67. The van der Waals surface area contributed by atoms with Crippen molar-refractivity contribution in [3.05, 3.63) is 29.8 Å². The van der Waals surface area contributed by atoms with Crippen LogP contribution in [0.3, 0.4) is 0 Å². The lowest BCUT2D eigenvalue weighted by Crippen LogP contribution is -2.54. The fourth-order valence-electron chi connectivity index (χ4n) is 3.19. The maximum atomic E-state index is 12.5. The van der Waals surface area contributed by atoms with Gasteiger partial charge in [-0.2, -0.15) is 17.4 Å². The van der Waals surface area contributed by atoms with Crippen LogP contribution < -0.4 is 21.7 Å². The van der Waals surface area contributed by atoms with Crippen LogP contribution in [0.1, 0.15) is 17.9 Å². The molecule has 1 aromatic carbocycles. The Hall–Kier alpha value is -1.54. The van der Waals surface area contributed by atoms with E-state index < -0.39 is 41.3 Å². The lowest BCUT2D eigenvalue weighted by molar-refractivity contribution is -0.143. The third kappa shape index (κ3) is 3.49. The van der Waals surface area contributed by atoms with Crippen molar-refractivity contribution in [2.24, 2.45) is 11.5 Å². The Labute approximate surface area is 151 Å². The molecule has 26 heavy (non-hydrogen) atoms. The number of nitrogens with zero attached hydrogens (tertiary/aromatic N) is 1.